The lowest BCUT2D eigenvalue weighted by atomic mass is 10.0. The van der Waals surface area contributed by atoms with Gasteiger partial charge in [0, 0.05) is 6.07 Å². The summed E-state index contributed by atoms with van der Waals surface area (Å²) in [6, 6.07) is 1.75. The Kier molecular flexibility index (Phi) is 4.26. The lowest BCUT2D eigenvalue weighted by Gasteiger charge is -2.24. The molecule has 19 heavy (non-hydrogen) atoms. The lowest BCUT2D eigenvalue weighted by molar-refractivity contribution is -0.143. The summed E-state index contributed by atoms with van der Waals surface area (Å²) in [5.74, 6) is -3.50. The molecular weight excluding hydrogens is 280 g/mol. The molecule has 1 aromatic rings. The highest BCUT2D eigenvalue weighted by molar-refractivity contribution is 7.89. The molecule has 1 atom stereocenters. The van der Waals surface area contributed by atoms with Crippen LogP contribution in [0.4, 0.5) is 8.78 Å². The van der Waals surface area contributed by atoms with Crippen LogP contribution in [-0.4, -0.2) is 25.0 Å². The molecule has 0 aliphatic heterocycles. The van der Waals surface area contributed by atoms with E-state index in [1.165, 1.54) is 13.8 Å². The van der Waals surface area contributed by atoms with Crippen LogP contribution in [0.1, 0.15) is 20.3 Å². The third-order valence-corrected chi connectivity index (χ3v) is 4.26. The average Bonchev–Trinajstić information content (AvgIpc) is 2.26. The van der Waals surface area contributed by atoms with Crippen molar-refractivity contribution < 1.29 is 27.1 Å². The highest BCUT2D eigenvalue weighted by Crippen LogP contribution is 2.18. The summed E-state index contributed by atoms with van der Waals surface area (Å²) in [5.41, 5.74) is -1.75. The van der Waals surface area contributed by atoms with Crippen LogP contribution in [-0.2, 0) is 14.8 Å². The van der Waals surface area contributed by atoms with Crippen LogP contribution in [0.5, 0.6) is 0 Å². The third-order valence-electron chi connectivity index (χ3n) is 2.69. The van der Waals surface area contributed by atoms with E-state index in [1.807, 2.05) is 4.72 Å². The van der Waals surface area contributed by atoms with E-state index in [0.29, 0.717) is 18.2 Å². The number of carboxylic acid groups (broad SMARTS) is 1. The zero-order valence-corrected chi connectivity index (χ0v) is 11.1. The summed E-state index contributed by atoms with van der Waals surface area (Å²) < 4.78 is 51.7. The minimum Gasteiger partial charge on any atom is -0.480 e. The highest BCUT2D eigenvalue weighted by Gasteiger charge is 2.36. The zero-order chi connectivity index (χ0) is 14.8. The van der Waals surface area contributed by atoms with Gasteiger partial charge in [0.1, 0.15) is 17.2 Å². The van der Waals surface area contributed by atoms with Crippen molar-refractivity contribution in [1.82, 2.24) is 4.72 Å². The van der Waals surface area contributed by atoms with E-state index in [9.17, 15) is 22.0 Å². The molecule has 0 saturated heterocycles. The van der Waals surface area contributed by atoms with Crippen molar-refractivity contribution in [3.63, 3.8) is 0 Å². The Morgan fingerprint density at radius 1 is 1.32 bits per heavy atom. The van der Waals surface area contributed by atoms with E-state index in [4.69, 9.17) is 5.11 Å². The van der Waals surface area contributed by atoms with Gasteiger partial charge in [0.2, 0.25) is 10.0 Å². The Hall–Kier alpha value is -1.54. The molecule has 0 bridgehead atoms. The van der Waals surface area contributed by atoms with E-state index in [-0.39, 0.29) is 6.42 Å². The maximum Gasteiger partial charge on any atom is 0.324 e. The third kappa shape index (κ3) is 3.48. The second kappa shape index (κ2) is 5.22. The maximum absolute atomic E-state index is 13.0. The van der Waals surface area contributed by atoms with Crippen LogP contribution in [0, 0.1) is 11.6 Å². The molecule has 5 nitrogen and oxygen atoms in total. The van der Waals surface area contributed by atoms with Crippen molar-refractivity contribution >= 4 is 16.0 Å². The van der Waals surface area contributed by atoms with Crippen LogP contribution in [0.25, 0.3) is 0 Å². The number of hydrogen-bond acceptors (Lipinski definition) is 3. The summed E-state index contributed by atoms with van der Waals surface area (Å²) in [7, 11) is -4.33. The number of hydrogen-bond donors (Lipinski definition) is 2. The van der Waals surface area contributed by atoms with Gasteiger partial charge in [-0.2, -0.15) is 4.72 Å². The van der Waals surface area contributed by atoms with E-state index < -0.39 is 38.1 Å². The topological polar surface area (TPSA) is 83.5 Å². The first-order valence-corrected chi connectivity index (χ1v) is 6.82. The SMILES string of the molecule is CCC(C)(NS(=O)(=O)c1cc(F)cc(F)c1)C(=O)O. The largest absolute Gasteiger partial charge is 0.480 e. The van der Waals surface area contributed by atoms with Crippen LogP contribution in [0.3, 0.4) is 0 Å². The van der Waals surface area contributed by atoms with E-state index in [1.54, 1.807) is 0 Å². The molecule has 2 N–H and O–H groups in total. The normalized spacial score (nSPS) is 14.9. The minimum absolute atomic E-state index is 0.0284. The zero-order valence-electron chi connectivity index (χ0n) is 10.3. The molecule has 1 aromatic carbocycles. The Balaban J connectivity index is 3.21. The summed E-state index contributed by atoms with van der Waals surface area (Å²) in [6.45, 7) is 2.64. The number of rotatable bonds is 5. The number of benzene rings is 1. The highest BCUT2D eigenvalue weighted by atomic mass is 32.2. The Bertz CT molecular complexity index is 582. The molecule has 0 aliphatic rings. The monoisotopic (exact) mass is 293 g/mol. The van der Waals surface area contributed by atoms with Crippen molar-refractivity contribution in [2.45, 2.75) is 30.7 Å². The standard InChI is InChI=1S/C11H13F2NO4S/c1-3-11(2,10(15)16)14-19(17,18)9-5-7(12)4-8(13)6-9/h4-6,14H,3H2,1-2H3,(H,15,16). The Morgan fingerprint density at radius 2 is 1.79 bits per heavy atom. The fraction of sp³-hybridized carbons (Fsp3) is 0.364. The van der Waals surface area contributed by atoms with Gasteiger partial charge in [-0.15, -0.1) is 0 Å². The van der Waals surface area contributed by atoms with Gasteiger partial charge in [0.05, 0.1) is 4.90 Å². The average molecular weight is 293 g/mol. The summed E-state index contributed by atoms with van der Waals surface area (Å²) in [4.78, 5) is 10.4. The van der Waals surface area contributed by atoms with Gasteiger partial charge < -0.3 is 5.11 Å². The molecule has 0 heterocycles. The van der Waals surface area contributed by atoms with Crippen LogP contribution >= 0.6 is 0 Å². The molecule has 0 aromatic heterocycles. The van der Waals surface area contributed by atoms with Gasteiger partial charge in [-0.3, -0.25) is 4.79 Å². The second-order valence-electron chi connectivity index (χ2n) is 4.20. The fourth-order valence-corrected chi connectivity index (χ4v) is 2.78. The molecule has 1 unspecified atom stereocenters. The minimum atomic E-state index is -4.33. The first-order valence-electron chi connectivity index (χ1n) is 5.34. The molecule has 0 saturated carbocycles. The molecule has 0 amide bonds. The first-order chi connectivity index (χ1) is 8.60. The van der Waals surface area contributed by atoms with Gasteiger partial charge in [-0.05, 0) is 25.5 Å². The smallest absolute Gasteiger partial charge is 0.324 e. The van der Waals surface area contributed by atoms with Gasteiger partial charge >= 0.3 is 5.97 Å². The van der Waals surface area contributed by atoms with Crippen molar-refractivity contribution in [3.8, 4) is 0 Å². The molecular formula is C11H13F2NO4S. The number of aliphatic carboxylic acids is 1. The molecule has 8 heteroatoms. The quantitative estimate of drug-likeness (QED) is 0.861. The molecule has 0 spiro atoms. The van der Waals surface area contributed by atoms with Crippen LogP contribution in [0.15, 0.2) is 23.1 Å². The molecule has 106 valence electrons. The van der Waals surface area contributed by atoms with Crippen molar-refractivity contribution in [2.24, 2.45) is 0 Å². The molecule has 0 aliphatic carbocycles. The predicted octanol–water partition coefficient (Wildman–Crippen LogP) is 1.50. The Morgan fingerprint density at radius 3 is 2.16 bits per heavy atom. The maximum atomic E-state index is 13.0. The number of carbonyl (C=O) groups is 1. The predicted molar refractivity (Wildman–Crippen MR) is 63.0 cm³/mol. The van der Waals surface area contributed by atoms with Crippen molar-refractivity contribution in [2.75, 3.05) is 0 Å². The number of halogens is 2. The second-order valence-corrected chi connectivity index (χ2v) is 5.88. The van der Waals surface area contributed by atoms with Gasteiger partial charge in [0.25, 0.3) is 0 Å². The fourth-order valence-electron chi connectivity index (χ4n) is 1.31. The van der Waals surface area contributed by atoms with Crippen molar-refractivity contribution in [1.29, 1.82) is 0 Å². The number of nitrogens with one attached hydrogen (secondary N) is 1. The first kappa shape index (κ1) is 15.5. The summed E-state index contributed by atoms with van der Waals surface area (Å²) in [6.07, 6.45) is -0.0284. The molecule has 0 fully saturated rings. The van der Waals surface area contributed by atoms with Gasteiger partial charge in [-0.1, -0.05) is 6.92 Å². The van der Waals surface area contributed by atoms with Crippen LogP contribution < -0.4 is 4.72 Å². The van der Waals surface area contributed by atoms with E-state index in [0.717, 1.165) is 0 Å². The number of carboxylic acids is 1. The molecule has 1 rings (SSSR count). The van der Waals surface area contributed by atoms with Crippen LogP contribution in [0.2, 0.25) is 0 Å². The Labute approximate surface area is 109 Å². The van der Waals surface area contributed by atoms with E-state index in [2.05, 4.69) is 0 Å². The summed E-state index contributed by atoms with van der Waals surface area (Å²) in [5, 5.41) is 8.98. The molecule has 0 radical (unpaired) electrons. The van der Waals surface area contributed by atoms with Gasteiger partial charge in [-0.25, -0.2) is 17.2 Å². The lowest BCUT2D eigenvalue weighted by Crippen LogP contribution is -2.51. The number of sulfonamides is 1. The van der Waals surface area contributed by atoms with Crippen molar-refractivity contribution in [3.05, 3.63) is 29.8 Å². The summed E-state index contributed by atoms with van der Waals surface area (Å²) >= 11 is 0. The van der Waals surface area contributed by atoms with E-state index >= 15 is 0 Å². The van der Waals surface area contributed by atoms with Gasteiger partial charge in [0.15, 0.2) is 0 Å².